The normalized spacial score (nSPS) is 17.2. The third-order valence-corrected chi connectivity index (χ3v) is 7.58. The van der Waals surface area contributed by atoms with Crippen molar-refractivity contribution < 1.29 is 18.0 Å². The second-order valence-corrected chi connectivity index (χ2v) is 9.73. The van der Waals surface area contributed by atoms with Gasteiger partial charge in [0.05, 0.1) is 4.90 Å². The first-order valence-electron chi connectivity index (χ1n) is 10.5. The summed E-state index contributed by atoms with van der Waals surface area (Å²) in [7, 11) is -3.59. The number of para-hydroxylation sites is 1. The number of rotatable bonds is 6. The number of hydrogen-bond acceptors (Lipinski definition) is 4. The van der Waals surface area contributed by atoms with Crippen LogP contribution >= 0.6 is 0 Å². The van der Waals surface area contributed by atoms with Crippen molar-refractivity contribution in [2.24, 2.45) is 0 Å². The highest BCUT2D eigenvalue weighted by molar-refractivity contribution is 7.89. The molecule has 1 fully saturated rings. The van der Waals surface area contributed by atoms with E-state index in [1.54, 1.807) is 30.3 Å². The number of nitrogens with zero attached hydrogens (tertiary/aromatic N) is 1. The molecule has 1 atom stereocenters. The second-order valence-electron chi connectivity index (χ2n) is 7.84. The Labute approximate surface area is 183 Å². The summed E-state index contributed by atoms with van der Waals surface area (Å²) in [6.07, 6.45) is 2.94. The summed E-state index contributed by atoms with van der Waals surface area (Å²) in [4.78, 5) is 24.8. The lowest BCUT2D eigenvalue weighted by molar-refractivity contribution is -0.136. The molecule has 0 aromatic heterocycles. The molecule has 31 heavy (non-hydrogen) atoms. The van der Waals surface area contributed by atoms with E-state index in [0.717, 1.165) is 30.4 Å². The van der Waals surface area contributed by atoms with Gasteiger partial charge in [0.1, 0.15) is 0 Å². The molecule has 1 heterocycles. The Hall–Kier alpha value is -2.71. The quantitative estimate of drug-likeness (QED) is 0.671. The highest BCUT2D eigenvalue weighted by Gasteiger charge is 2.33. The Kier molecular flexibility index (Phi) is 7.46. The number of piperidine rings is 1. The predicted octanol–water partition coefficient (Wildman–Crippen LogP) is 2.99. The summed E-state index contributed by atoms with van der Waals surface area (Å²) >= 11 is 0. The third kappa shape index (κ3) is 5.51. The summed E-state index contributed by atoms with van der Waals surface area (Å²) < 4.78 is 27.6. The summed E-state index contributed by atoms with van der Waals surface area (Å²) in [5.41, 5.74) is 2.39. The Balaban J connectivity index is 1.58. The monoisotopic (exact) mass is 443 g/mol. The number of hydrogen-bond donors (Lipinski definition) is 2. The van der Waals surface area contributed by atoms with Crippen LogP contribution in [0.3, 0.4) is 0 Å². The van der Waals surface area contributed by atoms with Gasteiger partial charge in [-0.15, -0.1) is 0 Å². The number of carbonyl (C=O) groups is 2. The van der Waals surface area contributed by atoms with Crippen molar-refractivity contribution in [3.63, 3.8) is 0 Å². The Morgan fingerprint density at radius 3 is 2.32 bits per heavy atom. The molecule has 8 heteroatoms. The Morgan fingerprint density at radius 2 is 1.65 bits per heavy atom. The summed E-state index contributed by atoms with van der Waals surface area (Å²) in [6.45, 7) is 4.42. The number of amides is 2. The first kappa shape index (κ1) is 23.0. The SMILES string of the molecule is Cc1cccc(C)c1NC(=O)C(=O)NCC[C@@H]1CCCCN1S(=O)(=O)c1ccccc1. The van der Waals surface area contributed by atoms with E-state index in [9.17, 15) is 18.0 Å². The maximum atomic E-state index is 13.0. The lowest BCUT2D eigenvalue weighted by Gasteiger charge is -2.34. The molecule has 2 N–H and O–H groups in total. The molecule has 1 aliphatic rings. The molecule has 2 aromatic carbocycles. The molecule has 1 aliphatic heterocycles. The average molecular weight is 444 g/mol. The van der Waals surface area contributed by atoms with Gasteiger partial charge in [-0.05, 0) is 56.4 Å². The summed E-state index contributed by atoms with van der Waals surface area (Å²) in [6, 6.07) is 13.8. The van der Waals surface area contributed by atoms with Crippen molar-refractivity contribution in [3.05, 3.63) is 59.7 Å². The van der Waals surface area contributed by atoms with Crippen molar-refractivity contribution in [1.29, 1.82) is 0 Å². The van der Waals surface area contributed by atoms with Gasteiger partial charge in [-0.1, -0.05) is 42.8 Å². The maximum Gasteiger partial charge on any atom is 0.313 e. The van der Waals surface area contributed by atoms with Gasteiger partial charge in [-0.25, -0.2) is 8.42 Å². The van der Waals surface area contributed by atoms with Crippen LogP contribution in [-0.2, 0) is 19.6 Å². The predicted molar refractivity (Wildman–Crippen MR) is 120 cm³/mol. The van der Waals surface area contributed by atoms with Gasteiger partial charge in [0, 0.05) is 24.8 Å². The molecule has 1 saturated heterocycles. The Bertz CT molecular complexity index is 1020. The fraction of sp³-hybridized carbons (Fsp3) is 0.391. The van der Waals surface area contributed by atoms with Crippen LogP contribution in [0, 0.1) is 13.8 Å². The average Bonchev–Trinajstić information content (AvgIpc) is 2.77. The van der Waals surface area contributed by atoms with Crippen molar-refractivity contribution in [3.8, 4) is 0 Å². The zero-order valence-corrected chi connectivity index (χ0v) is 18.7. The van der Waals surface area contributed by atoms with Crippen molar-refractivity contribution in [2.75, 3.05) is 18.4 Å². The lowest BCUT2D eigenvalue weighted by Crippen LogP contribution is -2.45. The summed E-state index contributed by atoms with van der Waals surface area (Å²) in [5.74, 6) is -1.45. The zero-order chi connectivity index (χ0) is 22.4. The number of sulfonamides is 1. The van der Waals surface area contributed by atoms with Crippen LogP contribution in [0.15, 0.2) is 53.4 Å². The molecule has 7 nitrogen and oxygen atoms in total. The van der Waals surface area contributed by atoms with E-state index in [0.29, 0.717) is 18.7 Å². The molecule has 2 amide bonds. The van der Waals surface area contributed by atoms with E-state index in [-0.39, 0.29) is 17.5 Å². The van der Waals surface area contributed by atoms with Gasteiger partial charge in [0.25, 0.3) is 0 Å². The minimum atomic E-state index is -3.59. The molecular formula is C23H29N3O4S. The smallest absolute Gasteiger partial charge is 0.313 e. The number of benzene rings is 2. The molecular weight excluding hydrogens is 414 g/mol. The van der Waals surface area contributed by atoms with E-state index in [1.807, 2.05) is 32.0 Å². The fourth-order valence-corrected chi connectivity index (χ4v) is 5.67. The van der Waals surface area contributed by atoms with Crippen molar-refractivity contribution in [1.82, 2.24) is 9.62 Å². The molecule has 2 aromatic rings. The largest absolute Gasteiger partial charge is 0.348 e. The first-order valence-corrected chi connectivity index (χ1v) is 12.0. The number of carbonyl (C=O) groups excluding carboxylic acids is 2. The highest BCUT2D eigenvalue weighted by atomic mass is 32.2. The van der Waals surface area contributed by atoms with E-state index >= 15 is 0 Å². The van der Waals surface area contributed by atoms with Crippen LogP contribution in [-0.4, -0.2) is 43.7 Å². The molecule has 0 bridgehead atoms. The van der Waals surface area contributed by atoms with Gasteiger partial charge >= 0.3 is 11.8 Å². The zero-order valence-electron chi connectivity index (χ0n) is 17.9. The van der Waals surface area contributed by atoms with E-state index in [2.05, 4.69) is 10.6 Å². The molecule has 166 valence electrons. The molecule has 0 unspecified atom stereocenters. The van der Waals surface area contributed by atoms with Gasteiger partial charge in [0.2, 0.25) is 10.0 Å². The molecule has 0 radical (unpaired) electrons. The van der Waals surface area contributed by atoms with E-state index in [4.69, 9.17) is 0 Å². The minimum absolute atomic E-state index is 0.207. The lowest BCUT2D eigenvalue weighted by atomic mass is 10.0. The fourth-order valence-electron chi connectivity index (χ4n) is 3.92. The van der Waals surface area contributed by atoms with Crippen LogP contribution in [0.1, 0.15) is 36.8 Å². The second kappa shape index (κ2) is 10.1. The molecule has 3 rings (SSSR count). The van der Waals surface area contributed by atoms with Gasteiger partial charge in [-0.2, -0.15) is 4.31 Å². The van der Waals surface area contributed by atoms with Crippen LogP contribution in [0.25, 0.3) is 0 Å². The molecule has 0 spiro atoms. The van der Waals surface area contributed by atoms with Crippen LogP contribution in [0.4, 0.5) is 5.69 Å². The van der Waals surface area contributed by atoms with Crippen molar-refractivity contribution >= 4 is 27.5 Å². The molecule has 0 aliphatic carbocycles. The third-order valence-electron chi connectivity index (χ3n) is 5.61. The maximum absolute atomic E-state index is 13.0. The van der Waals surface area contributed by atoms with Crippen LogP contribution < -0.4 is 10.6 Å². The van der Waals surface area contributed by atoms with Crippen LogP contribution in [0.5, 0.6) is 0 Å². The van der Waals surface area contributed by atoms with Crippen LogP contribution in [0.2, 0.25) is 0 Å². The number of nitrogens with one attached hydrogen (secondary N) is 2. The van der Waals surface area contributed by atoms with Gasteiger partial charge in [0.15, 0.2) is 0 Å². The number of aryl methyl sites for hydroxylation is 2. The molecule has 0 saturated carbocycles. The highest BCUT2D eigenvalue weighted by Crippen LogP contribution is 2.26. The summed E-state index contributed by atoms with van der Waals surface area (Å²) in [5, 5.41) is 5.29. The van der Waals surface area contributed by atoms with Gasteiger partial charge < -0.3 is 10.6 Å². The first-order chi connectivity index (χ1) is 14.8. The Morgan fingerprint density at radius 1 is 0.968 bits per heavy atom. The number of anilines is 1. The standard InChI is InChI=1S/C23H29N3O4S/c1-17-9-8-10-18(2)21(17)25-23(28)22(27)24-15-14-19-11-6-7-16-26(19)31(29,30)20-12-4-3-5-13-20/h3-5,8-10,12-13,19H,6-7,11,14-16H2,1-2H3,(H,24,27)(H,25,28)/t19-/m0/s1. The van der Waals surface area contributed by atoms with E-state index < -0.39 is 21.8 Å². The van der Waals surface area contributed by atoms with Gasteiger partial charge in [-0.3, -0.25) is 9.59 Å². The minimum Gasteiger partial charge on any atom is -0.348 e. The van der Waals surface area contributed by atoms with E-state index in [1.165, 1.54) is 4.31 Å². The topological polar surface area (TPSA) is 95.6 Å². The van der Waals surface area contributed by atoms with Crippen molar-refractivity contribution in [2.45, 2.75) is 50.5 Å².